The molecule has 0 fully saturated rings. The summed E-state index contributed by atoms with van der Waals surface area (Å²) < 4.78 is 28.0. The first kappa shape index (κ1) is 15.2. The fourth-order valence-electron chi connectivity index (χ4n) is 2.02. The normalized spacial score (nSPS) is 11.9. The van der Waals surface area contributed by atoms with Crippen LogP contribution in [-0.4, -0.2) is 11.5 Å². The van der Waals surface area contributed by atoms with Gasteiger partial charge in [-0.15, -0.1) is 0 Å². The van der Waals surface area contributed by atoms with E-state index >= 15 is 0 Å². The third-order valence-corrected chi connectivity index (χ3v) is 3.84. The number of aromatic nitrogens is 1. The lowest BCUT2D eigenvalue weighted by Gasteiger charge is -2.21. The minimum atomic E-state index is -0.647. The fourth-order valence-corrected chi connectivity index (χ4v) is 2.53. The molecule has 2 rings (SSSR count). The Bertz CT molecular complexity index is 663. The third-order valence-electron chi connectivity index (χ3n) is 3.06. The van der Waals surface area contributed by atoms with E-state index in [1.807, 2.05) is 33.8 Å². The molecule has 0 atom stereocenters. The zero-order chi connectivity index (χ0) is 15.1. The Morgan fingerprint density at radius 1 is 1.20 bits per heavy atom. The summed E-state index contributed by atoms with van der Waals surface area (Å²) >= 11 is 3.19. The van der Waals surface area contributed by atoms with Crippen molar-refractivity contribution in [2.75, 3.05) is 11.9 Å². The summed E-state index contributed by atoms with van der Waals surface area (Å²) in [4.78, 5) is 4.38. The van der Waals surface area contributed by atoms with E-state index in [0.717, 1.165) is 11.8 Å². The number of nitrogens with one attached hydrogen (secondary N) is 1. The van der Waals surface area contributed by atoms with E-state index < -0.39 is 11.6 Å². The highest BCUT2D eigenvalue weighted by Gasteiger charge is 2.21. The molecule has 0 saturated heterocycles. The first-order valence-corrected chi connectivity index (χ1v) is 7.27. The lowest BCUT2D eigenvalue weighted by Crippen LogP contribution is -2.15. The summed E-state index contributed by atoms with van der Waals surface area (Å²) in [6.45, 7) is 8.62. The van der Waals surface area contributed by atoms with Gasteiger partial charge in [0.2, 0.25) is 0 Å². The molecular formula is C15H17BrF2N2. The Morgan fingerprint density at radius 3 is 2.40 bits per heavy atom. The lowest BCUT2D eigenvalue weighted by molar-refractivity contribution is 0.565. The van der Waals surface area contributed by atoms with Gasteiger partial charge in [0.25, 0.3) is 0 Å². The van der Waals surface area contributed by atoms with Crippen LogP contribution in [0.1, 0.15) is 33.4 Å². The quantitative estimate of drug-likeness (QED) is 0.776. The minimum Gasteiger partial charge on any atom is -0.385 e. The van der Waals surface area contributed by atoms with Gasteiger partial charge >= 0.3 is 0 Å². The van der Waals surface area contributed by atoms with E-state index in [-0.39, 0.29) is 15.4 Å². The number of benzene rings is 1. The number of fused-ring (bicyclic) bond motifs is 1. The molecule has 1 aromatic carbocycles. The monoisotopic (exact) mass is 342 g/mol. The van der Waals surface area contributed by atoms with E-state index in [1.54, 1.807) is 0 Å². The van der Waals surface area contributed by atoms with Crippen LogP contribution in [0.25, 0.3) is 10.9 Å². The molecule has 20 heavy (non-hydrogen) atoms. The van der Waals surface area contributed by atoms with Crippen molar-refractivity contribution in [3.05, 3.63) is 33.9 Å². The van der Waals surface area contributed by atoms with Crippen molar-refractivity contribution < 1.29 is 8.78 Å². The number of hydrogen-bond donors (Lipinski definition) is 1. The van der Waals surface area contributed by atoms with Gasteiger partial charge in [0.15, 0.2) is 5.82 Å². The van der Waals surface area contributed by atoms with E-state index in [2.05, 4.69) is 26.2 Å². The number of pyridine rings is 1. The average molecular weight is 343 g/mol. The van der Waals surface area contributed by atoms with Crippen LogP contribution in [0.2, 0.25) is 0 Å². The van der Waals surface area contributed by atoms with Gasteiger partial charge in [-0.3, -0.25) is 0 Å². The standard InChI is InChI=1S/C15H17BrF2N2/c1-5-19-10-7-11(15(2,3)4)20-14-9(18)6-8(17)13(16)12(10)14/h6-7H,5H2,1-4H3,(H,19,20). The molecule has 0 aliphatic rings. The number of rotatable bonds is 2. The second-order valence-electron chi connectivity index (χ2n) is 5.71. The molecule has 0 amide bonds. The van der Waals surface area contributed by atoms with Crippen molar-refractivity contribution in [1.82, 2.24) is 4.98 Å². The molecule has 1 aromatic heterocycles. The third kappa shape index (κ3) is 2.64. The van der Waals surface area contributed by atoms with Gasteiger partial charge in [-0.2, -0.15) is 0 Å². The number of nitrogens with zero attached hydrogens (tertiary/aromatic N) is 1. The maximum atomic E-state index is 14.1. The maximum Gasteiger partial charge on any atom is 0.152 e. The predicted octanol–water partition coefficient (Wildman–Crippen LogP) is 5.00. The van der Waals surface area contributed by atoms with Gasteiger partial charge in [-0.1, -0.05) is 20.8 Å². The zero-order valence-electron chi connectivity index (χ0n) is 11.9. The van der Waals surface area contributed by atoms with Crippen LogP contribution in [0, 0.1) is 11.6 Å². The first-order chi connectivity index (χ1) is 9.25. The molecule has 0 spiro atoms. The highest BCUT2D eigenvalue weighted by molar-refractivity contribution is 9.10. The molecule has 2 aromatic rings. The van der Waals surface area contributed by atoms with Gasteiger partial charge < -0.3 is 5.32 Å². The van der Waals surface area contributed by atoms with Crippen LogP contribution < -0.4 is 5.32 Å². The maximum absolute atomic E-state index is 14.1. The van der Waals surface area contributed by atoms with Gasteiger partial charge in [0.05, 0.1) is 4.47 Å². The Hall–Kier alpha value is -1.23. The lowest BCUT2D eigenvalue weighted by atomic mass is 9.90. The van der Waals surface area contributed by atoms with E-state index in [1.165, 1.54) is 0 Å². The van der Waals surface area contributed by atoms with Gasteiger partial charge in [-0.25, -0.2) is 13.8 Å². The van der Waals surface area contributed by atoms with Crippen molar-refractivity contribution >= 4 is 32.5 Å². The van der Waals surface area contributed by atoms with E-state index in [4.69, 9.17) is 0 Å². The SMILES string of the molecule is CCNc1cc(C(C)(C)C)nc2c(F)cc(F)c(Br)c12. The smallest absolute Gasteiger partial charge is 0.152 e. The topological polar surface area (TPSA) is 24.9 Å². The second kappa shape index (κ2) is 5.28. The molecule has 2 nitrogen and oxygen atoms in total. The molecule has 0 bridgehead atoms. The molecule has 0 aliphatic carbocycles. The zero-order valence-corrected chi connectivity index (χ0v) is 13.5. The van der Waals surface area contributed by atoms with Gasteiger partial charge in [-0.05, 0) is 28.9 Å². The molecule has 0 saturated carbocycles. The minimum absolute atomic E-state index is 0.182. The van der Waals surface area contributed by atoms with Crippen LogP contribution in [0.3, 0.4) is 0 Å². The Morgan fingerprint density at radius 2 is 1.85 bits per heavy atom. The van der Waals surface area contributed by atoms with Crippen LogP contribution in [-0.2, 0) is 5.41 Å². The molecule has 0 radical (unpaired) electrons. The van der Waals surface area contributed by atoms with Crippen LogP contribution in [0.4, 0.5) is 14.5 Å². The Kier molecular flexibility index (Phi) is 4.00. The number of hydrogen-bond acceptors (Lipinski definition) is 2. The second-order valence-corrected chi connectivity index (χ2v) is 6.51. The average Bonchev–Trinajstić information content (AvgIpc) is 2.34. The number of anilines is 1. The predicted molar refractivity (Wildman–Crippen MR) is 82.2 cm³/mol. The molecule has 1 N–H and O–H groups in total. The van der Waals surface area contributed by atoms with Crippen LogP contribution in [0.5, 0.6) is 0 Å². The molecule has 1 heterocycles. The molecular weight excluding hydrogens is 326 g/mol. The van der Waals surface area contributed by atoms with Crippen molar-refractivity contribution in [3.63, 3.8) is 0 Å². The van der Waals surface area contributed by atoms with Crippen molar-refractivity contribution in [3.8, 4) is 0 Å². The largest absolute Gasteiger partial charge is 0.385 e. The van der Waals surface area contributed by atoms with Crippen molar-refractivity contribution in [1.29, 1.82) is 0 Å². The first-order valence-electron chi connectivity index (χ1n) is 6.48. The summed E-state index contributed by atoms with van der Waals surface area (Å²) in [5.74, 6) is -1.27. The Labute approximate surface area is 125 Å². The summed E-state index contributed by atoms with van der Waals surface area (Å²) in [5.41, 5.74) is 1.42. The van der Waals surface area contributed by atoms with E-state index in [9.17, 15) is 8.78 Å². The van der Waals surface area contributed by atoms with Crippen LogP contribution >= 0.6 is 15.9 Å². The summed E-state index contributed by atoms with van der Waals surface area (Å²) in [5, 5.41) is 3.60. The van der Waals surface area contributed by atoms with Gasteiger partial charge in [0, 0.05) is 34.8 Å². The highest BCUT2D eigenvalue weighted by atomic mass is 79.9. The van der Waals surface area contributed by atoms with Crippen molar-refractivity contribution in [2.24, 2.45) is 0 Å². The molecule has 5 heteroatoms. The van der Waals surface area contributed by atoms with Gasteiger partial charge in [0.1, 0.15) is 11.3 Å². The highest BCUT2D eigenvalue weighted by Crippen LogP contribution is 2.36. The molecule has 0 unspecified atom stereocenters. The molecule has 108 valence electrons. The molecule has 0 aliphatic heterocycles. The Balaban J connectivity index is 2.89. The summed E-state index contributed by atoms with van der Waals surface area (Å²) in [6, 6.07) is 2.72. The van der Waals surface area contributed by atoms with Crippen LogP contribution in [0.15, 0.2) is 16.6 Å². The fraction of sp³-hybridized carbons (Fsp3) is 0.400. The number of halogens is 3. The van der Waals surface area contributed by atoms with E-state index in [0.29, 0.717) is 17.6 Å². The summed E-state index contributed by atoms with van der Waals surface area (Å²) in [7, 11) is 0. The summed E-state index contributed by atoms with van der Waals surface area (Å²) in [6.07, 6.45) is 0. The van der Waals surface area contributed by atoms with Crippen molar-refractivity contribution in [2.45, 2.75) is 33.1 Å².